The van der Waals surface area contributed by atoms with E-state index in [1.807, 2.05) is 0 Å². The Morgan fingerprint density at radius 2 is 2.26 bits per heavy atom. The Balaban J connectivity index is 2.20. The first-order chi connectivity index (χ1) is 9.11. The molecule has 2 rings (SSSR count). The number of nitro benzene ring substituents is 1. The molecule has 100 valence electrons. The molecule has 1 aromatic heterocycles. The number of hydrogen-bond donors (Lipinski definition) is 1. The van der Waals surface area contributed by atoms with Crippen molar-refractivity contribution in [3.63, 3.8) is 0 Å². The molecule has 0 atom stereocenters. The predicted molar refractivity (Wildman–Crippen MR) is 73.4 cm³/mol. The van der Waals surface area contributed by atoms with Crippen molar-refractivity contribution in [1.29, 1.82) is 0 Å². The van der Waals surface area contributed by atoms with E-state index in [1.54, 1.807) is 24.5 Å². The fraction of sp³-hybridized carbons (Fsp3) is 0.167. The molecule has 2 aromatic rings. The summed E-state index contributed by atoms with van der Waals surface area (Å²) in [6.45, 7) is 0.348. The van der Waals surface area contributed by atoms with E-state index >= 15 is 0 Å². The van der Waals surface area contributed by atoms with Crippen molar-refractivity contribution in [1.82, 2.24) is 0 Å². The molecule has 0 fully saturated rings. The third-order valence-electron chi connectivity index (χ3n) is 2.53. The number of furan rings is 1. The number of ether oxygens (including phenoxy) is 1. The summed E-state index contributed by atoms with van der Waals surface area (Å²) in [6, 6.07) is 6.40. The van der Waals surface area contributed by atoms with Gasteiger partial charge in [-0.2, -0.15) is 0 Å². The van der Waals surface area contributed by atoms with Gasteiger partial charge in [0.05, 0.1) is 35.4 Å². The largest absolute Gasteiger partial charge is 0.496 e. The van der Waals surface area contributed by atoms with Crippen LogP contribution in [0.3, 0.4) is 0 Å². The van der Waals surface area contributed by atoms with Crippen LogP contribution in [0, 0.1) is 10.1 Å². The second kappa shape index (κ2) is 5.75. The summed E-state index contributed by atoms with van der Waals surface area (Å²) in [5.41, 5.74) is 0.371. The molecule has 0 aliphatic heterocycles. The molecule has 0 aliphatic carbocycles. The maximum absolute atomic E-state index is 11.0. The highest BCUT2D eigenvalue weighted by Gasteiger charge is 2.15. The summed E-state index contributed by atoms with van der Waals surface area (Å²) >= 11 is 3.32. The number of nitro groups is 1. The van der Waals surface area contributed by atoms with Crippen molar-refractivity contribution in [3.05, 3.63) is 50.9 Å². The molecular weight excluding hydrogens is 316 g/mol. The van der Waals surface area contributed by atoms with Crippen LogP contribution >= 0.6 is 15.9 Å². The lowest BCUT2D eigenvalue weighted by Crippen LogP contribution is -2.02. The van der Waals surface area contributed by atoms with Crippen molar-refractivity contribution in [2.45, 2.75) is 6.54 Å². The first kappa shape index (κ1) is 13.4. The van der Waals surface area contributed by atoms with Crippen LogP contribution in [0.25, 0.3) is 0 Å². The standard InChI is InChI=1S/C12H11BrN2O4/c1-18-8-2-3-10(11(6-8)15(16)17)14-7-12-9(13)4-5-19-12/h2-6,14H,7H2,1H3. The third kappa shape index (κ3) is 3.05. The van der Waals surface area contributed by atoms with Gasteiger partial charge in [0.1, 0.15) is 17.2 Å². The van der Waals surface area contributed by atoms with Gasteiger partial charge in [0, 0.05) is 0 Å². The normalized spacial score (nSPS) is 10.2. The van der Waals surface area contributed by atoms with E-state index < -0.39 is 4.92 Å². The molecular formula is C12H11BrN2O4. The molecule has 1 heterocycles. The van der Waals surface area contributed by atoms with Gasteiger partial charge in [-0.3, -0.25) is 10.1 Å². The molecule has 0 aliphatic rings. The minimum absolute atomic E-state index is 0.0398. The van der Waals surface area contributed by atoms with Gasteiger partial charge in [0.2, 0.25) is 0 Å². The number of anilines is 1. The molecule has 1 N–H and O–H groups in total. The minimum atomic E-state index is -0.456. The lowest BCUT2D eigenvalue weighted by Gasteiger charge is -2.07. The van der Waals surface area contributed by atoms with Gasteiger partial charge in [0.25, 0.3) is 5.69 Å². The van der Waals surface area contributed by atoms with Crippen molar-refractivity contribution >= 4 is 27.3 Å². The van der Waals surface area contributed by atoms with E-state index in [-0.39, 0.29) is 5.69 Å². The summed E-state index contributed by atoms with van der Waals surface area (Å²) < 4.78 is 11.0. The minimum Gasteiger partial charge on any atom is -0.496 e. The van der Waals surface area contributed by atoms with Gasteiger partial charge in [-0.25, -0.2) is 0 Å². The van der Waals surface area contributed by atoms with Crippen LogP contribution in [-0.4, -0.2) is 12.0 Å². The SMILES string of the molecule is COc1ccc(NCc2occc2Br)c([N+](=O)[O-])c1. The average Bonchev–Trinajstić information content (AvgIpc) is 2.81. The molecule has 0 saturated carbocycles. The van der Waals surface area contributed by atoms with Crippen LogP contribution in [0.2, 0.25) is 0 Å². The molecule has 0 spiro atoms. The maximum Gasteiger partial charge on any atom is 0.296 e. The maximum atomic E-state index is 11.0. The third-order valence-corrected chi connectivity index (χ3v) is 3.24. The summed E-state index contributed by atoms with van der Waals surface area (Å²) in [5, 5.41) is 14.0. The Hall–Kier alpha value is -2.02. The molecule has 0 unspecified atom stereocenters. The van der Waals surface area contributed by atoms with Crippen molar-refractivity contribution in [2.24, 2.45) is 0 Å². The van der Waals surface area contributed by atoms with Gasteiger partial charge >= 0.3 is 0 Å². The summed E-state index contributed by atoms with van der Waals surface area (Å²) in [7, 11) is 1.46. The zero-order valence-corrected chi connectivity index (χ0v) is 11.6. The Bertz CT molecular complexity index is 597. The van der Waals surface area contributed by atoms with Gasteiger partial charge in [-0.15, -0.1) is 0 Å². The number of benzene rings is 1. The first-order valence-corrected chi connectivity index (χ1v) is 6.19. The number of nitrogens with zero attached hydrogens (tertiary/aromatic N) is 1. The monoisotopic (exact) mass is 326 g/mol. The lowest BCUT2D eigenvalue weighted by molar-refractivity contribution is -0.384. The molecule has 7 heteroatoms. The number of rotatable bonds is 5. The smallest absolute Gasteiger partial charge is 0.296 e. The van der Waals surface area contributed by atoms with E-state index in [2.05, 4.69) is 21.2 Å². The molecule has 6 nitrogen and oxygen atoms in total. The van der Waals surface area contributed by atoms with Crippen molar-refractivity contribution in [3.8, 4) is 5.75 Å². The molecule has 1 aromatic carbocycles. The van der Waals surface area contributed by atoms with E-state index in [1.165, 1.54) is 13.2 Å². The van der Waals surface area contributed by atoms with E-state index in [4.69, 9.17) is 9.15 Å². The first-order valence-electron chi connectivity index (χ1n) is 5.40. The number of halogens is 1. The fourth-order valence-electron chi connectivity index (χ4n) is 1.57. The van der Waals surface area contributed by atoms with Crippen LogP contribution < -0.4 is 10.1 Å². The van der Waals surface area contributed by atoms with Crippen LogP contribution in [0.4, 0.5) is 11.4 Å². The second-order valence-electron chi connectivity index (χ2n) is 3.69. The highest BCUT2D eigenvalue weighted by atomic mass is 79.9. The van der Waals surface area contributed by atoms with E-state index in [9.17, 15) is 10.1 Å². The van der Waals surface area contributed by atoms with Gasteiger partial charge in [-0.1, -0.05) is 0 Å². The summed E-state index contributed by atoms with van der Waals surface area (Å²) in [6.07, 6.45) is 1.55. The summed E-state index contributed by atoms with van der Waals surface area (Å²) in [4.78, 5) is 10.5. The van der Waals surface area contributed by atoms with Gasteiger partial charge < -0.3 is 14.5 Å². The van der Waals surface area contributed by atoms with E-state index in [0.717, 1.165) is 4.47 Å². The van der Waals surface area contributed by atoms with Crippen LogP contribution in [0.5, 0.6) is 5.75 Å². The molecule has 0 amide bonds. The highest BCUT2D eigenvalue weighted by molar-refractivity contribution is 9.10. The van der Waals surface area contributed by atoms with E-state index in [0.29, 0.717) is 23.7 Å². The molecule has 0 radical (unpaired) electrons. The van der Waals surface area contributed by atoms with Gasteiger partial charge in [0.15, 0.2) is 0 Å². The van der Waals surface area contributed by atoms with Gasteiger partial charge in [-0.05, 0) is 34.1 Å². The zero-order chi connectivity index (χ0) is 13.8. The average molecular weight is 327 g/mol. The number of hydrogen-bond acceptors (Lipinski definition) is 5. The topological polar surface area (TPSA) is 77.5 Å². The van der Waals surface area contributed by atoms with Crippen LogP contribution in [0.1, 0.15) is 5.76 Å². The van der Waals surface area contributed by atoms with Crippen molar-refractivity contribution in [2.75, 3.05) is 12.4 Å². The Morgan fingerprint density at radius 1 is 1.47 bits per heavy atom. The predicted octanol–water partition coefficient (Wildman–Crippen LogP) is 3.57. The number of methoxy groups -OCH3 is 1. The second-order valence-corrected chi connectivity index (χ2v) is 4.54. The van der Waals surface area contributed by atoms with Crippen LogP contribution in [0.15, 0.2) is 39.4 Å². The zero-order valence-electron chi connectivity index (χ0n) is 10.1. The Kier molecular flexibility index (Phi) is 4.06. The molecule has 19 heavy (non-hydrogen) atoms. The lowest BCUT2D eigenvalue weighted by atomic mass is 10.2. The molecule has 0 saturated heterocycles. The van der Waals surface area contributed by atoms with Crippen LogP contribution in [-0.2, 0) is 6.54 Å². The molecule has 0 bridgehead atoms. The number of nitrogens with one attached hydrogen (secondary N) is 1. The van der Waals surface area contributed by atoms with Crippen molar-refractivity contribution < 1.29 is 14.1 Å². The quantitative estimate of drug-likeness (QED) is 0.671. The highest BCUT2D eigenvalue weighted by Crippen LogP contribution is 2.29. The summed E-state index contributed by atoms with van der Waals surface area (Å²) in [5.74, 6) is 1.11. The Morgan fingerprint density at radius 3 is 2.84 bits per heavy atom. The fourth-order valence-corrected chi connectivity index (χ4v) is 1.91. The Labute approximate surface area is 117 Å².